The molecule has 2 saturated heterocycles. The van der Waals surface area contributed by atoms with Gasteiger partial charge in [0.25, 0.3) is 0 Å². The van der Waals surface area contributed by atoms with E-state index in [9.17, 15) is 18.8 Å². The van der Waals surface area contributed by atoms with Gasteiger partial charge in [-0.15, -0.1) is 11.8 Å². The van der Waals surface area contributed by atoms with Gasteiger partial charge in [-0.25, -0.2) is 9.18 Å². The minimum Gasteiger partial charge on any atom is -0.355 e. The zero-order chi connectivity index (χ0) is 24.2. The SMILES string of the molecule is CN1C(=O)C2C(SCC(=O)NCCc3ccccc3)NC(c3ccccc3F)NC2N(C)C1=O. The Hall–Kier alpha value is -2.95. The van der Waals surface area contributed by atoms with E-state index in [4.69, 9.17) is 0 Å². The number of benzene rings is 2. The molecule has 2 aromatic rings. The number of rotatable bonds is 7. The van der Waals surface area contributed by atoms with Crippen LogP contribution in [0.25, 0.3) is 0 Å². The van der Waals surface area contributed by atoms with E-state index in [0.717, 1.165) is 16.9 Å². The minimum atomic E-state index is -0.641. The van der Waals surface area contributed by atoms with E-state index >= 15 is 0 Å². The molecule has 2 aromatic carbocycles. The molecule has 0 aromatic heterocycles. The summed E-state index contributed by atoms with van der Waals surface area (Å²) in [5, 5.41) is 8.88. The summed E-state index contributed by atoms with van der Waals surface area (Å²) in [4.78, 5) is 40.6. The second-order valence-electron chi connectivity index (χ2n) is 8.37. The largest absolute Gasteiger partial charge is 0.355 e. The molecule has 2 fully saturated rings. The first-order chi connectivity index (χ1) is 16.4. The predicted octanol–water partition coefficient (Wildman–Crippen LogP) is 1.90. The number of fused-ring (bicyclic) bond motifs is 1. The van der Waals surface area contributed by atoms with E-state index in [1.54, 1.807) is 25.2 Å². The van der Waals surface area contributed by atoms with Gasteiger partial charge in [0.1, 0.15) is 5.82 Å². The number of urea groups is 1. The maximum atomic E-state index is 14.5. The number of thioether (sulfide) groups is 1. The highest BCUT2D eigenvalue weighted by molar-refractivity contribution is 8.00. The molecule has 2 aliphatic heterocycles. The van der Waals surface area contributed by atoms with Crippen molar-refractivity contribution in [3.05, 3.63) is 71.5 Å². The maximum absolute atomic E-state index is 14.5. The van der Waals surface area contributed by atoms with E-state index in [0.29, 0.717) is 12.1 Å². The van der Waals surface area contributed by atoms with Crippen LogP contribution in [0.15, 0.2) is 54.6 Å². The number of halogens is 1. The number of amides is 4. The van der Waals surface area contributed by atoms with Crippen molar-refractivity contribution in [1.82, 2.24) is 25.8 Å². The van der Waals surface area contributed by atoms with Crippen molar-refractivity contribution >= 4 is 29.6 Å². The highest BCUT2D eigenvalue weighted by Gasteiger charge is 2.51. The van der Waals surface area contributed by atoms with Gasteiger partial charge in [0.15, 0.2) is 0 Å². The van der Waals surface area contributed by atoms with Crippen molar-refractivity contribution in [2.75, 3.05) is 26.4 Å². The van der Waals surface area contributed by atoms with Crippen LogP contribution in [0.3, 0.4) is 0 Å². The third-order valence-corrected chi connectivity index (χ3v) is 7.36. The topological polar surface area (TPSA) is 93.8 Å². The Morgan fingerprint density at radius 3 is 2.50 bits per heavy atom. The van der Waals surface area contributed by atoms with Crippen LogP contribution in [-0.2, 0) is 16.0 Å². The van der Waals surface area contributed by atoms with Gasteiger partial charge in [-0.3, -0.25) is 25.1 Å². The number of hydrogen-bond acceptors (Lipinski definition) is 6. The van der Waals surface area contributed by atoms with Crippen LogP contribution in [0.5, 0.6) is 0 Å². The average molecular weight is 486 g/mol. The normalized spacial score (nSPS) is 24.7. The lowest BCUT2D eigenvalue weighted by Crippen LogP contribution is -2.72. The molecule has 0 radical (unpaired) electrons. The molecular weight excluding hydrogens is 457 g/mol. The molecule has 2 heterocycles. The second kappa shape index (κ2) is 10.5. The first-order valence-corrected chi connectivity index (χ1v) is 12.1. The van der Waals surface area contributed by atoms with Crippen LogP contribution in [0.4, 0.5) is 9.18 Å². The molecule has 3 N–H and O–H groups in total. The highest BCUT2D eigenvalue weighted by Crippen LogP contribution is 2.34. The summed E-state index contributed by atoms with van der Waals surface area (Å²) >= 11 is 1.28. The first kappa shape index (κ1) is 24.2. The number of nitrogens with one attached hydrogen (secondary N) is 3. The Bertz CT molecular complexity index is 1060. The lowest BCUT2D eigenvalue weighted by Gasteiger charge is -2.50. The number of hydrogen-bond donors (Lipinski definition) is 3. The van der Waals surface area contributed by atoms with Gasteiger partial charge in [0.2, 0.25) is 11.8 Å². The first-order valence-electron chi connectivity index (χ1n) is 11.1. The molecule has 4 amide bonds. The Kier molecular flexibility index (Phi) is 7.50. The third kappa shape index (κ3) is 5.08. The van der Waals surface area contributed by atoms with Crippen LogP contribution in [-0.4, -0.2) is 65.6 Å². The molecule has 0 saturated carbocycles. The number of carbonyl (C=O) groups is 3. The summed E-state index contributed by atoms with van der Waals surface area (Å²) in [6.45, 7) is 0.506. The summed E-state index contributed by atoms with van der Waals surface area (Å²) in [7, 11) is 3.05. The molecule has 0 aliphatic carbocycles. The molecule has 2 aliphatic rings. The molecular formula is C24H28FN5O3S. The molecule has 34 heavy (non-hydrogen) atoms. The zero-order valence-electron chi connectivity index (χ0n) is 19.0. The van der Waals surface area contributed by atoms with Gasteiger partial charge < -0.3 is 10.2 Å². The van der Waals surface area contributed by atoms with E-state index in [-0.39, 0.29) is 17.6 Å². The van der Waals surface area contributed by atoms with Gasteiger partial charge in [-0.1, -0.05) is 48.5 Å². The van der Waals surface area contributed by atoms with Crippen LogP contribution < -0.4 is 16.0 Å². The fourth-order valence-electron chi connectivity index (χ4n) is 4.29. The minimum absolute atomic E-state index is 0.119. The van der Waals surface area contributed by atoms with E-state index in [2.05, 4.69) is 16.0 Å². The summed E-state index contributed by atoms with van der Waals surface area (Å²) in [6.07, 6.45) is -0.549. The molecule has 4 unspecified atom stereocenters. The van der Waals surface area contributed by atoms with Crippen LogP contribution >= 0.6 is 11.8 Å². The molecule has 180 valence electrons. The summed E-state index contributed by atoms with van der Waals surface area (Å²) in [5.74, 6) is -1.42. The van der Waals surface area contributed by atoms with Crippen molar-refractivity contribution in [3.8, 4) is 0 Å². The van der Waals surface area contributed by atoms with Gasteiger partial charge in [0, 0.05) is 26.2 Å². The van der Waals surface area contributed by atoms with Gasteiger partial charge in [0.05, 0.1) is 29.4 Å². The maximum Gasteiger partial charge on any atom is 0.327 e. The summed E-state index contributed by atoms with van der Waals surface area (Å²) < 4.78 is 14.5. The van der Waals surface area contributed by atoms with Crippen molar-refractivity contribution < 1.29 is 18.8 Å². The predicted molar refractivity (Wildman–Crippen MR) is 128 cm³/mol. The van der Waals surface area contributed by atoms with Crippen molar-refractivity contribution in [1.29, 1.82) is 0 Å². The lowest BCUT2D eigenvalue weighted by molar-refractivity contribution is -0.140. The van der Waals surface area contributed by atoms with E-state index in [1.165, 1.54) is 29.8 Å². The average Bonchev–Trinajstić information content (AvgIpc) is 2.85. The number of nitrogens with zero attached hydrogens (tertiary/aromatic N) is 2. The number of carbonyl (C=O) groups excluding carboxylic acids is 3. The molecule has 0 spiro atoms. The summed E-state index contributed by atoms with van der Waals surface area (Å²) in [5.41, 5.74) is 1.51. The Balaban J connectivity index is 1.45. The lowest BCUT2D eigenvalue weighted by atomic mass is 9.96. The van der Waals surface area contributed by atoms with Crippen LogP contribution in [0, 0.1) is 11.7 Å². The monoisotopic (exact) mass is 485 g/mol. The van der Waals surface area contributed by atoms with Gasteiger partial charge in [-0.2, -0.15) is 0 Å². The Labute approximate surface area is 202 Å². The standard InChI is InChI=1S/C24H28FN5O3S/c1-29-21-19(23(32)30(2)24(29)33)22(28-20(27-21)16-10-6-7-11-17(16)25)34-14-18(31)26-13-12-15-8-4-3-5-9-15/h3-11,19-22,27-28H,12-14H2,1-2H3,(H,26,31). The Morgan fingerprint density at radius 2 is 1.76 bits per heavy atom. The quantitative estimate of drug-likeness (QED) is 0.555. The fraction of sp³-hybridized carbons (Fsp3) is 0.375. The molecule has 4 atom stereocenters. The van der Waals surface area contributed by atoms with Crippen molar-refractivity contribution in [2.45, 2.75) is 24.1 Å². The van der Waals surface area contributed by atoms with Crippen LogP contribution in [0.1, 0.15) is 17.3 Å². The van der Waals surface area contributed by atoms with E-state index < -0.39 is 35.5 Å². The molecule has 8 nitrogen and oxygen atoms in total. The fourth-order valence-corrected chi connectivity index (χ4v) is 5.43. The molecule has 4 rings (SSSR count). The molecule has 10 heteroatoms. The van der Waals surface area contributed by atoms with E-state index in [1.807, 2.05) is 30.3 Å². The Morgan fingerprint density at radius 1 is 1.06 bits per heavy atom. The van der Waals surface area contributed by atoms with Crippen molar-refractivity contribution in [3.63, 3.8) is 0 Å². The smallest absolute Gasteiger partial charge is 0.327 e. The van der Waals surface area contributed by atoms with Crippen LogP contribution in [0.2, 0.25) is 0 Å². The van der Waals surface area contributed by atoms with Gasteiger partial charge >= 0.3 is 6.03 Å². The van der Waals surface area contributed by atoms with Gasteiger partial charge in [-0.05, 0) is 18.1 Å². The second-order valence-corrected chi connectivity index (χ2v) is 9.50. The third-order valence-electron chi connectivity index (χ3n) is 6.15. The number of imide groups is 1. The zero-order valence-corrected chi connectivity index (χ0v) is 19.8. The summed E-state index contributed by atoms with van der Waals surface area (Å²) in [6, 6.07) is 15.8. The molecule has 0 bridgehead atoms. The van der Waals surface area contributed by atoms with Crippen molar-refractivity contribution in [2.24, 2.45) is 5.92 Å². The highest BCUT2D eigenvalue weighted by atomic mass is 32.2.